The molecule has 0 saturated carbocycles. The SMILES string of the molecule is c1ccc(-c2cc(-c3cccc(-c4ccc(-c5ccc6c(c5)C5(c7ccccc7O6)c6ccccc6-c6ccccc65)cc4-c4ccccc4)c3)cc(-c3ccccc3)n2)cc1. The lowest BCUT2D eigenvalue weighted by Crippen LogP contribution is -2.32. The molecule has 1 aliphatic carbocycles. The Morgan fingerprint density at radius 1 is 0.258 bits per heavy atom. The third-order valence-electron chi connectivity index (χ3n) is 12.8. The van der Waals surface area contributed by atoms with Crippen LogP contribution >= 0.6 is 0 Å². The van der Waals surface area contributed by atoms with Gasteiger partial charge in [-0.15, -0.1) is 0 Å². The molecule has 0 saturated heterocycles. The fraction of sp³-hybridized carbons (Fsp3) is 0.0167. The standard InChI is InChI=1S/C60H39NO/c1-4-17-40(18-5-1)51-36-44(31-33-48(51)46-24-16-23-43(35-46)47-38-56(41-19-6-2-7-20-41)61-57(39-47)42-21-8-3-9-22-42)45-32-34-59-55(37-45)60(54-29-14-15-30-58(54)62-59)52-27-12-10-25-49(52)50-26-11-13-28-53(50)60/h1-39H. The van der Waals surface area contributed by atoms with Crippen molar-refractivity contribution in [2.45, 2.75) is 5.41 Å². The highest BCUT2D eigenvalue weighted by atomic mass is 16.5. The average Bonchev–Trinajstić information content (AvgIpc) is 3.65. The normalized spacial score (nSPS) is 12.8. The summed E-state index contributed by atoms with van der Waals surface area (Å²) in [5, 5.41) is 0. The molecule has 1 aliphatic heterocycles. The van der Waals surface area contributed by atoms with Crippen LogP contribution in [0.5, 0.6) is 11.5 Å². The van der Waals surface area contributed by atoms with E-state index in [1.165, 1.54) is 44.5 Å². The van der Waals surface area contributed by atoms with Crippen molar-refractivity contribution in [2.24, 2.45) is 0 Å². The van der Waals surface area contributed by atoms with Gasteiger partial charge in [0.2, 0.25) is 0 Å². The maximum absolute atomic E-state index is 6.76. The number of hydrogen-bond acceptors (Lipinski definition) is 2. The molecule has 9 aromatic carbocycles. The van der Waals surface area contributed by atoms with Crippen LogP contribution in [0.4, 0.5) is 0 Å². The molecule has 0 bridgehead atoms. The quantitative estimate of drug-likeness (QED) is 0.167. The van der Waals surface area contributed by atoms with Crippen LogP contribution in [0.15, 0.2) is 237 Å². The summed E-state index contributed by atoms with van der Waals surface area (Å²) in [6.45, 7) is 0. The Balaban J connectivity index is 1.01. The van der Waals surface area contributed by atoms with Crippen LogP contribution in [-0.4, -0.2) is 4.98 Å². The summed E-state index contributed by atoms with van der Waals surface area (Å²) in [6.07, 6.45) is 0. The second-order valence-corrected chi connectivity index (χ2v) is 16.2. The van der Waals surface area contributed by atoms with Gasteiger partial charge in [-0.05, 0) is 109 Å². The van der Waals surface area contributed by atoms with E-state index < -0.39 is 5.41 Å². The monoisotopic (exact) mass is 789 g/mol. The van der Waals surface area contributed by atoms with E-state index >= 15 is 0 Å². The Labute approximate surface area is 362 Å². The molecule has 62 heavy (non-hydrogen) atoms. The van der Waals surface area contributed by atoms with Gasteiger partial charge < -0.3 is 4.74 Å². The van der Waals surface area contributed by atoms with Gasteiger partial charge in [0.1, 0.15) is 11.5 Å². The molecule has 2 heterocycles. The number of fused-ring (bicyclic) bond motifs is 9. The van der Waals surface area contributed by atoms with Crippen molar-refractivity contribution in [3.05, 3.63) is 259 Å². The second-order valence-electron chi connectivity index (χ2n) is 16.2. The van der Waals surface area contributed by atoms with Gasteiger partial charge in [-0.25, -0.2) is 4.98 Å². The van der Waals surface area contributed by atoms with Gasteiger partial charge in [-0.2, -0.15) is 0 Å². The van der Waals surface area contributed by atoms with E-state index in [1.54, 1.807) is 0 Å². The molecule has 0 amide bonds. The predicted octanol–water partition coefficient (Wildman–Crippen LogP) is 15.6. The van der Waals surface area contributed by atoms with Gasteiger partial charge >= 0.3 is 0 Å². The second kappa shape index (κ2) is 14.6. The number of rotatable bonds is 6. The van der Waals surface area contributed by atoms with Crippen molar-refractivity contribution in [1.29, 1.82) is 0 Å². The molecule has 1 spiro atoms. The van der Waals surface area contributed by atoms with Crippen molar-refractivity contribution in [2.75, 3.05) is 0 Å². The lowest BCUT2D eigenvalue weighted by molar-refractivity contribution is 0.436. The number of pyridine rings is 1. The topological polar surface area (TPSA) is 22.1 Å². The van der Waals surface area contributed by atoms with Gasteiger partial charge in [0, 0.05) is 22.3 Å². The van der Waals surface area contributed by atoms with Crippen LogP contribution in [0.25, 0.3) is 78.1 Å². The number of nitrogens with zero attached hydrogens (tertiary/aromatic N) is 1. The Morgan fingerprint density at radius 3 is 1.40 bits per heavy atom. The molecule has 0 fully saturated rings. The maximum Gasteiger partial charge on any atom is 0.132 e. The Hall–Kier alpha value is -8.07. The van der Waals surface area contributed by atoms with Gasteiger partial charge in [0.15, 0.2) is 0 Å². The summed E-state index contributed by atoms with van der Waals surface area (Å²) in [7, 11) is 0. The highest BCUT2D eigenvalue weighted by Gasteiger charge is 2.51. The first kappa shape index (κ1) is 35.8. The molecule has 1 aromatic heterocycles. The van der Waals surface area contributed by atoms with Crippen molar-refractivity contribution < 1.29 is 4.74 Å². The predicted molar refractivity (Wildman–Crippen MR) is 254 cm³/mol. The Kier molecular flexibility index (Phi) is 8.43. The zero-order valence-corrected chi connectivity index (χ0v) is 33.9. The van der Waals surface area contributed by atoms with Crippen LogP contribution in [0.2, 0.25) is 0 Å². The fourth-order valence-corrected chi connectivity index (χ4v) is 9.95. The summed E-state index contributed by atoms with van der Waals surface area (Å²) >= 11 is 0. The van der Waals surface area contributed by atoms with Crippen LogP contribution < -0.4 is 4.74 Å². The van der Waals surface area contributed by atoms with Gasteiger partial charge in [-0.1, -0.05) is 194 Å². The lowest BCUT2D eigenvalue weighted by atomic mass is 9.66. The largest absolute Gasteiger partial charge is 0.457 e. The highest BCUT2D eigenvalue weighted by Crippen LogP contribution is 2.62. The first-order valence-electron chi connectivity index (χ1n) is 21.3. The van der Waals surface area contributed by atoms with Crippen molar-refractivity contribution in [3.8, 4) is 89.6 Å². The van der Waals surface area contributed by atoms with Crippen molar-refractivity contribution >= 4 is 0 Å². The molecule has 0 unspecified atom stereocenters. The molecule has 10 aromatic rings. The lowest BCUT2D eigenvalue weighted by Gasteiger charge is -2.39. The first-order valence-corrected chi connectivity index (χ1v) is 21.3. The molecular formula is C60H39NO. The number of ether oxygens (including phenoxy) is 1. The minimum atomic E-state index is -0.524. The summed E-state index contributed by atoms with van der Waals surface area (Å²) in [5.74, 6) is 1.79. The fourth-order valence-electron chi connectivity index (χ4n) is 9.95. The van der Waals surface area contributed by atoms with E-state index in [0.717, 1.165) is 67.4 Å². The van der Waals surface area contributed by atoms with E-state index in [-0.39, 0.29) is 0 Å². The Morgan fingerprint density at radius 2 is 0.742 bits per heavy atom. The smallest absolute Gasteiger partial charge is 0.132 e. The van der Waals surface area contributed by atoms with Crippen molar-refractivity contribution in [1.82, 2.24) is 4.98 Å². The van der Waals surface area contributed by atoms with E-state index in [9.17, 15) is 0 Å². The summed E-state index contributed by atoms with van der Waals surface area (Å²) in [5.41, 5.74) is 20.2. The van der Waals surface area contributed by atoms with Crippen LogP contribution in [0.3, 0.4) is 0 Å². The Bertz CT molecular complexity index is 3210. The third-order valence-corrected chi connectivity index (χ3v) is 12.8. The molecular weight excluding hydrogens is 751 g/mol. The number of para-hydroxylation sites is 1. The summed E-state index contributed by atoms with van der Waals surface area (Å²) in [4.78, 5) is 5.15. The third kappa shape index (κ3) is 5.76. The molecule has 2 heteroatoms. The molecule has 290 valence electrons. The zero-order valence-electron chi connectivity index (χ0n) is 33.9. The van der Waals surface area contributed by atoms with Crippen molar-refractivity contribution in [3.63, 3.8) is 0 Å². The molecule has 2 aliphatic rings. The van der Waals surface area contributed by atoms with E-state index in [1.807, 2.05) is 12.1 Å². The van der Waals surface area contributed by atoms with Gasteiger partial charge in [0.25, 0.3) is 0 Å². The zero-order chi connectivity index (χ0) is 41.0. The van der Waals surface area contributed by atoms with Gasteiger partial charge in [-0.3, -0.25) is 0 Å². The highest BCUT2D eigenvalue weighted by molar-refractivity contribution is 5.92. The van der Waals surface area contributed by atoms with Crippen LogP contribution in [0.1, 0.15) is 22.3 Å². The minimum absolute atomic E-state index is 0.524. The van der Waals surface area contributed by atoms with E-state index in [2.05, 4.69) is 224 Å². The van der Waals surface area contributed by atoms with E-state index in [0.29, 0.717) is 0 Å². The molecule has 12 rings (SSSR count). The molecule has 0 radical (unpaired) electrons. The minimum Gasteiger partial charge on any atom is -0.457 e. The molecule has 2 nitrogen and oxygen atoms in total. The molecule has 0 atom stereocenters. The average molecular weight is 790 g/mol. The maximum atomic E-state index is 6.76. The van der Waals surface area contributed by atoms with E-state index in [4.69, 9.17) is 9.72 Å². The molecule has 0 N–H and O–H groups in total. The van der Waals surface area contributed by atoms with Crippen LogP contribution in [0, 0.1) is 0 Å². The van der Waals surface area contributed by atoms with Gasteiger partial charge in [0.05, 0.1) is 16.8 Å². The first-order chi connectivity index (χ1) is 30.7. The summed E-state index contributed by atoms with van der Waals surface area (Å²) in [6, 6.07) is 85.1. The summed E-state index contributed by atoms with van der Waals surface area (Å²) < 4.78 is 6.76. The number of aromatic nitrogens is 1. The number of hydrogen-bond donors (Lipinski definition) is 0. The number of benzene rings is 9. The van der Waals surface area contributed by atoms with Crippen LogP contribution in [-0.2, 0) is 5.41 Å².